The van der Waals surface area contributed by atoms with E-state index in [0.29, 0.717) is 0 Å². The maximum absolute atomic E-state index is 10.5. The third kappa shape index (κ3) is 3.62. The molecular weight excluding hydrogens is 278 g/mol. The van der Waals surface area contributed by atoms with E-state index in [9.17, 15) is 13.0 Å². The first-order valence-corrected chi connectivity index (χ1v) is 5.12. The zero-order valence-corrected chi connectivity index (χ0v) is 12.4. The molecule has 4 nitrogen and oxygen atoms in total. The van der Waals surface area contributed by atoms with E-state index in [0.717, 1.165) is 12.1 Å². The van der Waals surface area contributed by atoms with Crippen LogP contribution in [-0.2, 0) is 10.1 Å². The van der Waals surface area contributed by atoms with Crippen molar-refractivity contribution in [1.29, 1.82) is 0 Å². The maximum Gasteiger partial charge on any atom is 1.00 e. The molecule has 8 heteroatoms. The fourth-order valence-corrected chi connectivity index (χ4v) is 1.97. The van der Waals surface area contributed by atoms with E-state index in [1.165, 1.54) is 0 Å². The van der Waals surface area contributed by atoms with Crippen LogP contribution in [0.3, 0.4) is 0 Å². The second-order valence-corrected chi connectivity index (χ2v) is 4.38. The Hall–Kier alpha value is 1.15. The van der Waals surface area contributed by atoms with Gasteiger partial charge >= 0.3 is 51.4 Å². The minimum Gasteiger partial charge on any atom is -0.744 e. The normalized spacial score (nSPS) is 10.8. The number of phenols is 1. The molecule has 0 saturated heterocycles. The van der Waals surface area contributed by atoms with Gasteiger partial charge in [0, 0.05) is 5.02 Å². The van der Waals surface area contributed by atoms with E-state index < -0.39 is 20.8 Å². The Bertz CT molecular complexity index is 445. The Labute approximate surface area is 133 Å². The number of aromatic hydroxyl groups is 1. The smallest absolute Gasteiger partial charge is 0.744 e. The molecule has 1 rings (SSSR count). The first-order chi connectivity index (χ1) is 5.82. The second-order valence-electron chi connectivity index (χ2n) is 2.19. The molecule has 0 fully saturated rings. The predicted octanol–water partition coefficient (Wildman–Crippen LogP) is -1.39. The van der Waals surface area contributed by atoms with Gasteiger partial charge in [-0.15, -0.1) is 0 Å². The van der Waals surface area contributed by atoms with Crippen LogP contribution in [0.25, 0.3) is 0 Å². The van der Waals surface area contributed by atoms with Crippen LogP contribution in [0, 0.1) is 0 Å². The molecule has 0 bridgehead atoms. The molecule has 0 amide bonds. The largest absolute Gasteiger partial charge is 1.00 e. The molecule has 0 spiro atoms. The Morgan fingerprint density at radius 3 is 2.21 bits per heavy atom. The van der Waals surface area contributed by atoms with Crippen molar-refractivity contribution in [1.82, 2.24) is 0 Å². The predicted molar refractivity (Wildman–Crippen MR) is 46.1 cm³/mol. The van der Waals surface area contributed by atoms with Gasteiger partial charge < -0.3 is 9.66 Å². The molecule has 0 aromatic heterocycles. The van der Waals surface area contributed by atoms with Gasteiger partial charge in [0.1, 0.15) is 10.1 Å². The number of hydrogen-bond acceptors (Lipinski definition) is 4. The van der Waals surface area contributed by atoms with E-state index >= 15 is 0 Å². The minimum absolute atomic E-state index is 0. The summed E-state index contributed by atoms with van der Waals surface area (Å²) in [5.74, 6) is -0.777. The third-order valence-electron chi connectivity index (χ3n) is 1.26. The third-order valence-corrected chi connectivity index (χ3v) is 2.62. The summed E-state index contributed by atoms with van der Waals surface area (Å²) in [5, 5.41) is 8.78. The SMILES string of the molecule is O=S(=O)([O-])c1cc(Cl)cc(Cl)c1O.[K+]. The van der Waals surface area contributed by atoms with Crippen LogP contribution in [0.5, 0.6) is 5.75 Å². The summed E-state index contributed by atoms with van der Waals surface area (Å²) in [5.41, 5.74) is 0. The number of halogens is 2. The van der Waals surface area contributed by atoms with E-state index in [-0.39, 0.29) is 61.4 Å². The van der Waals surface area contributed by atoms with E-state index in [2.05, 4.69) is 0 Å². The monoisotopic (exact) mass is 280 g/mol. The molecule has 0 aliphatic rings. The fourth-order valence-electron chi connectivity index (χ4n) is 0.733. The summed E-state index contributed by atoms with van der Waals surface area (Å²) in [7, 11) is -4.75. The molecule has 0 atom stereocenters. The summed E-state index contributed by atoms with van der Waals surface area (Å²) in [6.07, 6.45) is 0. The van der Waals surface area contributed by atoms with Crippen molar-refractivity contribution < 1.29 is 69.5 Å². The van der Waals surface area contributed by atoms with Crippen LogP contribution in [0.1, 0.15) is 0 Å². The van der Waals surface area contributed by atoms with Crippen molar-refractivity contribution >= 4 is 33.3 Å². The first kappa shape index (κ1) is 15.1. The van der Waals surface area contributed by atoms with Crippen LogP contribution in [0.2, 0.25) is 10.0 Å². The van der Waals surface area contributed by atoms with Crippen LogP contribution < -0.4 is 51.4 Å². The van der Waals surface area contributed by atoms with E-state index in [4.69, 9.17) is 28.3 Å². The standard InChI is InChI=1S/C6H4Cl2O4S.K/c7-3-1-4(8)6(9)5(2-3)13(10,11)12;/h1-2,9H,(H,10,11,12);/q;+1/p-1. The summed E-state index contributed by atoms with van der Waals surface area (Å²) in [6, 6.07) is 1.97. The van der Waals surface area contributed by atoms with Gasteiger partial charge in [0.15, 0.2) is 5.75 Å². The van der Waals surface area contributed by atoms with Gasteiger partial charge in [-0.25, -0.2) is 8.42 Å². The van der Waals surface area contributed by atoms with Gasteiger partial charge in [-0.2, -0.15) is 0 Å². The van der Waals surface area contributed by atoms with Crippen molar-refractivity contribution in [3.05, 3.63) is 22.2 Å². The molecule has 0 radical (unpaired) electrons. The Balaban J connectivity index is 0.00000169. The van der Waals surface area contributed by atoms with Crippen LogP contribution in [-0.4, -0.2) is 18.1 Å². The molecular formula is C6H3Cl2KO4S. The quantitative estimate of drug-likeness (QED) is 0.508. The summed E-state index contributed by atoms with van der Waals surface area (Å²) < 4.78 is 31.6. The summed E-state index contributed by atoms with van der Waals surface area (Å²) >= 11 is 10.8. The maximum atomic E-state index is 10.5. The van der Waals surface area contributed by atoms with Gasteiger partial charge in [-0.1, -0.05) is 23.2 Å². The average Bonchev–Trinajstić information content (AvgIpc) is 1.94. The Morgan fingerprint density at radius 2 is 1.79 bits per heavy atom. The number of benzene rings is 1. The topological polar surface area (TPSA) is 77.4 Å². The van der Waals surface area contributed by atoms with E-state index in [1.54, 1.807) is 0 Å². The van der Waals surface area contributed by atoms with Crippen molar-refractivity contribution in [2.24, 2.45) is 0 Å². The molecule has 0 aliphatic carbocycles. The van der Waals surface area contributed by atoms with Gasteiger partial charge in [-0.05, 0) is 12.1 Å². The molecule has 0 heterocycles. The summed E-state index contributed by atoms with van der Waals surface area (Å²) in [6.45, 7) is 0. The van der Waals surface area contributed by atoms with Crippen molar-refractivity contribution in [2.75, 3.05) is 0 Å². The van der Waals surface area contributed by atoms with Crippen molar-refractivity contribution in [3.63, 3.8) is 0 Å². The van der Waals surface area contributed by atoms with Gasteiger partial charge in [-0.3, -0.25) is 0 Å². The second kappa shape index (κ2) is 5.47. The Kier molecular flexibility index (Phi) is 5.92. The molecule has 72 valence electrons. The molecule has 0 saturated carbocycles. The average molecular weight is 281 g/mol. The van der Waals surface area contributed by atoms with Crippen LogP contribution in [0.15, 0.2) is 17.0 Å². The van der Waals surface area contributed by atoms with Gasteiger partial charge in [0.05, 0.1) is 9.92 Å². The van der Waals surface area contributed by atoms with Crippen LogP contribution in [0.4, 0.5) is 0 Å². The molecule has 0 unspecified atom stereocenters. The molecule has 1 N–H and O–H groups in total. The summed E-state index contributed by atoms with van der Waals surface area (Å²) in [4.78, 5) is -0.815. The van der Waals surface area contributed by atoms with Gasteiger partial charge in [0.25, 0.3) is 0 Å². The van der Waals surface area contributed by atoms with Gasteiger partial charge in [0.2, 0.25) is 0 Å². The molecule has 14 heavy (non-hydrogen) atoms. The van der Waals surface area contributed by atoms with E-state index in [1.807, 2.05) is 0 Å². The fraction of sp³-hybridized carbons (Fsp3) is 0. The molecule has 1 aromatic carbocycles. The van der Waals surface area contributed by atoms with Crippen LogP contribution >= 0.6 is 23.2 Å². The molecule has 1 aromatic rings. The van der Waals surface area contributed by atoms with Crippen molar-refractivity contribution in [3.8, 4) is 5.75 Å². The number of phenolic OH excluding ortho intramolecular Hbond substituents is 1. The number of rotatable bonds is 1. The minimum atomic E-state index is -4.75. The number of hydrogen-bond donors (Lipinski definition) is 1. The first-order valence-electron chi connectivity index (χ1n) is 2.96. The molecule has 0 aliphatic heterocycles. The zero-order valence-electron chi connectivity index (χ0n) is 6.99. The Morgan fingerprint density at radius 1 is 1.29 bits per heavy atom. The van der Waals surface area contributed by atoms with Crippen molar-refractivity contribution in [2.45, 2.75) is 4.90 Å². The zero-order chi connectivity index (χ0) is 10.2.